The number of hydrogen-bond acceptors (Lipinski definition) is 5. The Morgan fingerprint density at radius 2 is 1.66 bits per heavy atom. The molecule has 1 saturated carbocycles. The molecule has 1 aliphatic carbocycles. The Hall–Kier alpha value is -3.56. The van der Waals surface area contributed by atoms with Crippen molar-refractivity contribution < 1.29 is 22.7 Å². The zero-order valence-electron chi connectivity index (χ0n) is 23.3. The summed E-state index contributed by atoms with van der Waals surface area (Å²) < 4.78 is 34.0. The molecule has 3 aromatic carbocycles. The van der Waals surface area contributed by atoms with Crippen molar-refractivity contribution in [1.29, 1.82) is 0 Å². The lowest BCUT2D eigenvalue weighted by molar-refractivity contribution is -0.139. The molecule has 8 nitrogen and oxygen atoms in total. The van der Waals surface area contributed by atoms with Crippen molar-refractivity contribution in [2.24, 2.45) is 0 Å². The highest BCUT2D eigenvalue weighted by molar-refractivity contribution is 7.92. The summed E-state index contributed by atoms with van der Waals surface area (Å²) in [6.45, 7) is 1.26. The molecule has 3 aromatic rings. The Labute approximate surface area is 247 Å². The summed E-state index contributed by atoms with van der Waals surface area (Å²) in [5.74, 6) is -0.172. The van der Waals surface area contributed by atoms with Crippen molar-refractivity contribution >= 4 is 39.1 Å². The molecule has 0 spiro atoms. The molecular weight excluding hydrogens is 562 g/mol. The second kappa shape index (κ2) is 13.9. The molecule has 0 aromatic heterocycles. The predicted molar refractivity (Wildman–Crippen MR) is 160 cm³/mol. The minimum atomic E-state index is -4.13. The van der Waals surface area contributed by atoms with Gasteiger partial charge in [-0.25, -0.2) is 8.42 Å². The second-order valence-corrected chi connectivity index (χ2v) is 12.5. The van der Waals surface area contributed by atoms with Crippen LogP contribution >= 0.6 is 11.6 Å². The van der Waals surface area contributed by atoms with Crippen LogP contribution in [-0.2, 0) is 26.2 Å². The van der Waals surface area contributed by atoms with Crippen molar-refractivity contribution in [2.75, 3.05) is 18.0 Å². The standard InChI is InChI=1S/C31H36ClN3O5S/c1-23(31(37)33-26-11-5-3-6-12-26)34(21-24-10-9-13-28(20-24)40-2)30(36)22-35(27-18-16-25(32)17-19-27)41(38,39)29-14-7-4-8-15-29/h4,7-10,13-20,23,26H,3,5-6,11-12,21-22H2,1-2H3,(H,33,37)/t23-/m0/s1. The van der Waals surface area contributed by atoms with Gasteiger partial charge in [-0.2, -0.15) is 0 Å². The lowest BCUT2D eigenvalue weighted by Crippen LogP contribution is -2.53. The Morgan fingerprint density at radius 1 is 0.976 bits per heavy atom. The number of benzene rings is 3. The average Bonchev–Trinajstić information content (AvgIpc) is 2.99. The lowest BCUT2D eigenvalue weighted by Gasteiger charge is -2.33. The summed E-state index contributed by atoms with van der Waals surface area (Å²) in [4.78, 5) is 28.9. The summed E-state index contributed by atoms with van der Waals surface area (Å²) in [5, 5.41) is 3.54. The first kappa shape index (κ1) is 30.4. The molecule has 4 rings (SSSR count). The summed E-state index contributed by atoms with van der Waals surface area (Å²) in [5.41, 5.74) is 1.03. The number of carbonyl (C=O) groups excluding carboxylic acids is 2. The highest BCUT2D eigenvalue weighted by atomic mass is 35.5. The number of rotatable bonds is 11. The van der Waals surface area contributed by atoms with Crippen molar-refractivity contribution in [3.05, 3.63) is 89.4 Å². The monoisotopic (exact) mass is 597 g/mol. The molecular formula is C31H36ClN3O5S. The largest absolute Gasteiger partial charge is 0.497 e. The van der Waals surface area contributed by atoms with Gasteiger partial charge in [-0.1, -0.05) is 61.2 Å². The molecule has 1 aliphatic rings. The van der Waals surface area contributed by atoms with Crippen LogP contribution in [0.15, 0.2) is 83.8 Å². The van der Waals surface area contributed by atoms with E-state index in [0.717, 1.165) is 42.0 Å². The van der Waals surface area contributed by atoms with Gasteiger partial charge in [0.05, 0.1) is 17.7 Å². The quantitative estimate of drug-likeness (QED) is 0.319. The smallest absolute Gasteiger partial charge is 0.264 e. The lowest BCUT2D eigenvalue weighted by atomic mass is 9.95. The van der Waals surface area contributed by atoms with Crippen molar-refractivity contribution in [3.63, 3.8) is 0 Å². The highest BCUT2D eigenvalue weighted by Gasteiger charge is 2.33. The van der Waals surface area contributed by atoms with Crippen LogP contribution in [0.3, 0.4) is 0 Å². The van der Waals surface area contributed by atoms with Gasteiger partial charge in [0.15, 0.2) is 0 Å². The van der Waals surface area contributed by atoms with Gasteiger partial charge in [0.1, 0.15) is 18.3 Å². The normalized spacial score (nSPS) is 14.6. The molecule has 0 aliphatic heterocycles. The third kappa shape index (κ3) is 7.80. The van der Waals surface area contributed by atoms with Gasteiger partial charge >= 0.3 is 0 Å². The molecule has 1 atom stereocenters. The zero-order chi connectivity index (χ0) is 29.4. The average molecular weight is 598 g/mol. The summed E-state index contributed by atoms with van der Waals surface area (Å²) in [6, 6.07) is 20.7. The van der Waals surface area contributed by atoms with Crippen LogP contribution in [-0.4, -0.2) is 50.9 Å². The Morgan fingerprint density at radius 3 is 2.32 bits per heavy atom. The first-order valence-electron chi connectivity index (χ1n) is 13.7. The highest BCUT2D eigenvalue weighted by Crippen LogP contribution is 2.26. The third-order valence-corrected chi connectivity index (χ3v) is 9.37. The van der Waals surface area contributed by atoms with E-state index >= 15 is 0 Å². The van der Waals surface area contributed by atoms with Crippen LogP contribution in [0.5, 0.6) is 5.75 Å². The van der Waals surface area contributed by atoms with Gasteiger partial charge < -0.3 is 15.0 Å². The fourth-order valence-corrected chi connectivity index (χ4v) is 6.54. The van der Waals surface area contributed by atoms with E-state index < -0.39 is 28.5 Å². The van der Waals surface area contributed by atoms with Crippen LogP contribution in [0, 0.1) is 0 Å². The minimum absolute atomic E-state index is 0.0465. The number of nitrogens with one attached hydrogen (secondary N) is 1. The Bertz CT molecular complexity index is 1430. The number of methoxy groups -OCH3 is 1. The minimum Gasteiger partial charge on any atom is -0.497 e. The third-order valence-electron chi connectivity index (χ3n) is 7.33. The topological polar surface area (TPSA) is 96.0 Å². The molecule has 41 heavy (non-hydrogen) atoms. The number of ether oxygens (including phenoxy) is 1. The fourth-order valence-electron chi connectivity index (χ4n) is 4.97. The number of halogens is 1. The van der Waals surface area contributed by atoms with E-state index in [0.29, 0.717) is 10.8 Å². The molecule has 0 heterocycles. The van der Waals surface area contributed by atoms with Crippen LogP contribution in [0.4, 0.5) is 5.69 Å². The number of hydrogen-bond donors (Lipinski definition) is 1. The molecule has 0 unspecified atom stereocenters. The first-order chi connectivity index (χ1) is 19.7. The van der Waals surface area contributed by atoms with Gasteiger partial charge in [0.2, 0.25) is 11.8 Å². The summed E-state index contributed by atoms with van der Waals surface area (Å²) in [7, 11) is -2.57. The SMILES string of the molecule is COc1cccc(CN(C(=O)CN(c2ccc(Cl)cc2)S(=O)(=O)c2ccccc2)[C@@H](C)C(=O)NC2CCCCC2)c1. The number of sulfonamides is 1. The van der Waals surface area contributed by atoms with Crippen molar-refractivity contribution in [1.82, 2.24) is 10.2 Å². The van der Waals surface area contributed by atoms with E-state index in [1.54, 1.807) is 68.6 Å². The van der Waals surface area contributed by atoms with Crippen LogP contribution in [0.1, 0.15) is 44.6 Å². The molecule has 1 N–H and O–H groups in total. The van der Waals surface area contributed by atoms with Crippen LogP contribution in [0.2, 0.25) is 5.02 Å². The van der Waals surface area contributed by atoms with Crippen LogP contribution in [0.25, 0.3) is 0 Å². The molecule has 0 saturated heterocycles. The van der Waals surface area contributed by atoms with E-state index in [4.69, 9.17) is 16.3 Å². The number of anilines is 1. The molecule has 0 radical (unpaired) electrons. The van der Waals surface area contributed by atoms with E-state index in [2.05, 4.69) is 5.32 Å². The summed E-state index contributed by atoms with van der Waals surface area (Å²) in [6.07, 6.45) is 5.07. The molecule has 10 heteroatoms. The van der Waals surface area contributed by atoms with E-state index in [-0.39, 0.29) is 29.1 Å². The van der Waals surface area contributed by atoms with Crippen molar-refractivity contribution in [2.45, 2.75) is 62.6 Å². The van der Waals surface area contributed by atoms with Gasteiger partial charge in [-0.05, 0) is 73.9 Å². The Kier molecular flexibility index (Phi) is 10.3. The van der Waals surface area contributed by atoms with Gasteiger partial charge in [0.25, 0.3) is 10.0 Å². The fraction of sp³-hybridized carbons (Fsp3) is 0.355. The molecule has 218 valence electrons. The zero-order valence-corrected chi connectivity index (χ0v) is 24.9. The van der Waals surface area contributed by atoms with Crippen LogP contribution < -0.4 is 14.4 Å². The molecule has 0 bridgehead atoms. The first-order valence-corrected chi connectivity index (χ1v) is 15.6. The molecule has 2 amide bonds. The number of amides is 2. The summed E-state index contributed by atoms with van der Waals surface area (Å²) >= 11 is 6.08. The van der Waals surface area contributed by atoms with Gasteiger partial charge in [-0.3, -0.25) is 13.9 Å². The number of carbonyl (C=O) groups is 2. The van der Waals surface area contributed by atoms with E-state index in [9.17, 15) is 18.0 Å². The Balaban J connectivity index is 1.67. The molecule has 1 fully saturated rings. The maximum atomic E-state index is 14.1. The maximum Gasteiger partial charge on any atom is 0.264 e. The predicted octanol–water partition coefficient (Wildman–Crippen LogP) is 5.41. The van der Waals surface area contributed by atoms with Gasteiger partial charge in [-0.15, -0.1) is 0 Å². The van der Waals surface area contributed by atoms with Gasteiger partial charge in [0, 0.05) is 17.6 Å². The maximum absolute atomic E-state index is 14.1. The number of nitrogens with zero attached hydrogens (tertiary/aromatic N) is 2. The van der Waals surface area contributed by atoms with Crippen molar-refractivity contribution in [3.8, 4) is 5.75 Å². The van der Waals surface area contributed by atoms with E-state index in [1.165, 1.54) is 17.0 Å². The van der Waals surface area contributed by atoms with E-state index in [1.807, 2.05) is 12.1 Å². The second-order valence-electron chi connectivity index (χ2n) is 10.2.